The van der Waals surface area contributed by atoms with Gasteiger partial charge in [-0.2, -0.15) is 4.73 Å². The molecule has 0 unspecified atom stereocenters. The van der Waals surface area contributed by atoms with E-state index >= 15 is 0 Å². The van der Waals surface area contributed by atoms with Crippen LogP contribution in [0.1, 0.15) is 28.8 Å². The van der Waals surface area contributed by atoms with Gasteiger partial charge in [0.2, 0.25) is 0 Å². The molecule has 1 aliphatic heterocycles. The number of hydrogen-bond donors (Lipinski definition) is 0. The zero-order valence-electron chi connectivity index (χ0n) is 13.3. The van der Waals surface area contributed by atoms with E-state index in [1.807, 2.05) is 12.1 Å². The normalized spacial score (nSPS) is 14.0. The summed E-state index contributed by atoms with van der Waals surface area (Å²) in [6.45, 7) is 2.71. The third-order valence-electron chi connectivity index (χ3n) is 4.24. The first kappa shape index (κ1) is 15.3. The highest BCUT2D eigenvalue weighted by Crippen LogP contribution is 2.25. The van der Waals surface area contributed by atoms with Crippen LogP contribution in [-0.4, -0.2) is 30.9 Å². The molecule has 0 saturated carbocycles. The van der Waals surface area contributed by atoms with Crippen molar-refractivity contribution < 1.29 is 9.52 Å². The highest BCUT2D eigenvalue weighted by Gasteiger charge is 2.18. The maximum Gasteiger partial charge on any atom is 0.254 e. The summed E-state index contributed by atoms with van der Waals surface area (Å²) in [6, 6.07) is 11.4. The predicted octanol–water partition coefficient (Wildman–Crippen LogP) is 2.19. The SMILES string of the molecule is CN(Cc1ccccc1N1CCCC1)C(=O)c1cc[n+]([O-])cc1. The topological polar surface area (TPSA) is 50.5 Å². The Morgan fingerprint density at radius 3 is 2.52 bits per heavy atom. The summed E-state index contributed by atoms with van der Waals surface area (Å²) in [7, 11) is 1.79. The maximum absolute atomic E-state index is 12.5. The molecule has 23 heavy (non-hydrogen) atoms. The molecule has 5 nitrogen and oxygen atoms in total. The molecule has 5 heteroatoms. The molecule has 2 aromatic rings. The summed E-state index contributed by atoms with van der Waals surface area (Å²) < 4.78 is 0.680. The molecule has 1 fully saturated rings. The lowest BCUT2D eigenvalue weighted by Gasteiger charge is -2.24. The average Bonchev–Trinajstić information content (AvgIpc) is 3.09. The van der Waals surface area contributed by atoms with Gasteiger partial charge >= 0.3 is 0 Å². The fourth-order valence-electron chi connectivity index (χ4n) is 3.01. The van der Waals surface area contributed by atoms with Crippen molar-refractivity contribution in [3.05, 3.63) is 65.1 Å². The molecule has 0 radical (unpaired) electrons. The van der Waals surface area contributed by atoms with Gasteiger partial charge < -0.3 is 15.0 Å². The van der Waals surface area contributed by atoms with Crippen molar-refractivity contribution in [3.8, 4) is 0 Å². The number of rotatable bonds is 4. The third-order valence-corrected chi connectivity index (χ3v) is 4.24. The molecule has 0 spiro atoms. The maximum atomic E-state index is 12.5. The number of carbonyl (C=O) groups is 1. The van der Waals surface area contributed by atoms with E-state index < -0.39 is 0 Å². The van der Waals surface area contributed by atoms with Crippen LogP contribution in [0.25, 0.3) is 0 Å². The number of para-hydroxylation sites is 1. The number of nitrogens with zero attached hydrogens (tertiary/aromatic N) is 3. The smallest absolute Gasteiger partial charge is 0.254 e. The Hall–Kier alpha value is -2.56. The third kappa shape index (κ3) is 3.44. The fraction of sp³-hybridized carbons (Fsp3) is 0.333. The van der Waals surface area contributed by atoms with Crippen LogP contribution in [0, 0.1) is 5.21 Å². The number of carbonyl (C=O) groups excluding carboxylic acids is 1. The van der Waals surface area contributed by atoms with Crippen LogP contribution in [0.3, 0.4) is 0 Å². The summed E-state index contributed by atoms with van der Waals surface area (Å²) in [5.74, 6) is -0.0816. The fourth-order valence-corrected chi connectivity index (χ4v) is 3.01. The number of amides is 1. The Labute approximate surface area is 136 Å². The van der Waals surface area contributed by atoms with Crippen molar-refractivity contribution in [3.63, 3.8) is 0 Å². The second-order valence-corrected chi connectivity index (χ2v) is 5.93. The van der Waals surface area contributed by atoms with Crippen LogP contribution < -0.4 is 9.63 Å². The molecule has 0 aliphatic carbocycles. The second kappa shape index (κ2) is 6.69. The summed E-state index contributed by atoms with van der Waals surface area (Å²) in [5.41, 5.74) is 2.90. The first-order valence-electron chi connectivity index (χ1n) is 7.92. The van der Waals surface area contributed by atoms with Gasteiger partial charge in [-0.25, -0.2) is 0 Å². The Bertz CT molecular complexity index is 679. The van der Waals surface area contributed by atoms with Gasteiger partial charge in [-0.05, 0) is 24.5 Å². The van der Waals surface area contributed by atoms with E-state index in [-0.39, 0.29) is 5.91 Å². The van der Waals surface area contributed by atoms with Gasteiger partial charge in [0.25, 0.3) is 5.91 Å². The van der Waals surface area contributed by atoms with Gasteiger partial charge in [-0.3, -0.25) is 4.79 Å². The van der Waals surface area contributed by atoms with E-state index in [1.165, 1.54) is 30.9 Å². The number of anilines is 1. The summed E-state index contributed by atoms with van der Waals surface area (Å²) >= 11 is 0. The molecular weight excluding hydrogens is 290 g/mol. The highest BCUT2D eigenvalue weighted by molar-refractivity contribution is 5.93. The average molecular weight is 311 g/mol. The standard InChI is InChI=1S/C18H21N3O2/c1-19(18(22)15-8-12-21(23)13-9-15)14-16-6-2-3-7-17(16)20-10-4-5-11-20/h2-3,6-9,12-13H,4-5,10-11,14H2,1H3. The van der Waals surface area contributed by atoms with Crippen LogP contribution in [0.5, 0.6) is 0 Å². The summed E-state index contributed by atoms with van der Waals surface area (Å²) in [6.07, 6.45) is 5.14. The first-order chi connectivity index (χ1) is 11.1. The van der Waals surface area contributed by atoms with E-state index in [9.17, 15) is 10.0 Å². The van der Waals surface area contributed by atoms with E-state index in [1.54, 1.807) is 24.1 Å². The van der Waals surface area contributed by atoms with E-state index in [0.29, 0.717) is 16.8 Å². The zero-order chi connectivity index (χ0) is 16.2. The van der Waals surface area contributed by atoms with Gasteiger partial charge in [0.1, 0.15) is 0 Å². The zero-order valence-corrected chi connectivity index (χ0v) is 13.3. The second-order valence-electron chi connectivity index (χ2n) is 5.93. The molecule has 3 rings (SSSR count). The summed E-state index contributed by atoms with van der Waals surface area (Å²) in [4.78, 5) is 16.6. The van der Waals surface area contributed by atoms with Gasteiger partial charge in [0, 0.05) is 44.5 Å². The predicted molar refractivity (Wildman–Crippen MR) is 89.1 cm³/mol. The Balaban J connectivity index is 1.76. The van der Waals surface area contributed by atoms with Gasteiger partial charge in [-0.1, -0.05) is 18.2 Å². The number of benzene rings is 1. The van der Waals surface area contributed by atoms with Crippen LogP contribution in [0.2, 0.25) is 0 Å². The first-order valence-corrected chi connectivity index (χ1v) is 7.92. The lowest BCUT2D eigenvalue weighted by atomic mass is 10.1. The Morgan fingerprint density at radius 1 is 1.17 bits per heavy atom. The van der Waals surface area contributed by atoms with E-state index in [4.69, 9.17) is 0 Å². The molecule has 1 aliphatic rings. The van der Waals surface area contributed by atoms with Crippen molar-refractivity contribution in [1.82, 2.24) is 4.90 Å². The van der Waals surface area contributed by atoms with Crippen LogP contribution in [0.15, 0.2) is 48.8 Å². The number of aromatic nitrogens is 1. The van der Waals surface area contributed by atoms with Crippen LogP contribution >= 0.6 is 0 Å². The van der Waals surface area contributed by atoms with Crippen molar-refractivity contribution in [2.24, 2.45) is 0 Å². The molecule has 1 aromatic carbocycles. The molecule has 0 atom stereocenters. The van der Waals surface area contributed by atoms with E-state index in [2.05, 4.69) is 17.0 Å². The molecule has 2 heterocycles. The molecule has 1 amide bonds. The quantitative estimate of drug-likeness (QED) is 0.642. The minimum absolute atomic E-state index is 0.0816. The van der Waals surface area contributed by atoms with Crippen LogP contribution in [-0.2, 0) is 6.54 Å². The highest BCUT2D eigenvalue weighted by atomic mass is 16.5. The molecule has 120 valence electrons. The van der Waals surface area contributed by atoms with Crippen molar-refractivity contribution >= 4 is 11.6 Å². The van der Waals surface area contributed by atoms with Crippen LogP contribution in [0.4, 0.5) is 5.69 Å². The molecule has 1 aromatic heterocycles. The molecule has 0 bridgehead atoms. The number of pyridine rings is 1. The molecule has 1 saturated heterocycles. The molecule has 0 N–H and O–H groups in total. The van der Waals surface area contributed by atoms with Gasteiger partial charge in [-0.15, -0.1) is 0 Å². The minimum atomic E-state index is -0.0816. The minimum Gasteiger partial charge on any atom is -0.619 e. The summed E-state index contributed by atoms with van der Waals surface area (Å²) in [5, 5.41) is 11.1. The van der Waals surface area contributed by atoms with Gasteiger partial charge in [0.05, 0.1) is 5.56 Å². The number of hydrogen-bond acceptors (Lipinski definition) is 3. The van der Waals surface area contributed by atoms with Crippen molar-refractivity contribution in [1.29, 1.82) is 0 Å². The lowest BCUT2D eigenvalue weighted by molar-refractivity contribution is -0.605. The monoisotopic (exact) mass is 311 g/mol. The van der Waals surface area contributed by atoms with E-state index in [0.717, 1.165) is 18.7 Å². The largest absolute Gasteiger partial charge is 0.619 e. The Kier molecular flexibility index (Phi) is 4.46. The lowest BCUT2D eigenvalue weighted by Crippen LogP contribution is -2.30. The van der Waals surface area contributed by atoms with Gasteiger partial charge in [0.15, 0.2) is 12.4 Å². The Morgan fingerprint density at radius 2 is 1.83 bits per heavy atom. The molecular formula is C18H21N3O2. The van der Waals surface area contributed by atoms with Crippen molar-refractivity contribution in [2.75, 3.05) is 25.0 Å². The van der Waals surface area contributed by atoms with Crippen molar-refractivity contribution in [2.45, 2.75) is 19.4 Å².